The fourth-order valence-corrected chi connectivity index (χ4v) is 6.82. The zero-order valence-electron chi connectivity index (χ0n) is 13.9. The molecule has 4 rings (SSSR count). The number of hydrogen-bond donors (Lipinski definition) is 0. The van der Waals surface area contributed by atoms with Gasteiger partial charge in [-0.15, -0.1) is 23.5 Å². The van der Waals surface area contributed by atoms with E-state index in [9.17, 15) is 0 Å². The highest BCUT2D eigenvalue weighted by atomic mass is 32.2. The smallest absolute Gasteiger partial charge is 0.160 e. The largest absolute Gasteiger partial charge is 0.351 e. The third kappa shape index (κ3) is 3.84. The highest BCUT2D eigenvalue weighted by Crippen LogP contribution is 2.53. The van der Waals surface area contributed by atoms with E-state index < -0.39 is 0 Å². The lowest BCUT2D eigenvalue weighted by atomic mass is 9.85. The van der Waals surface area contributed by atoms with Crippen molar-refractivity contribution in [3.63, 3.8) is 0 Å². The summed E-state index contributed by atoms with van der Waals surface area (Å²) in [4.78, 5) is 0. The van der Waals surface area contributed by atoms with Gasteiger partial charge >= 0.3 is 0 Å². The minimum Gasteiger partial charge on any atom is -0.351 e. The van der Waals surface area contributed by atoms with Crippen molar-refractivity contribution in [2.45, 2.75) is 36.1 Å². The standard InChI is InChI=1S/C21H24OS2/c1-3-7-17(8-4-1)15-19-11-12-21(23-13-14-24-21)22-20(19)16-18-9-5-2-6-10-18/h1-10,19-20H,11-16H2. The quantitative estimate of drug-likeness (QED) is 0.726. The lowest BCUT2D eigenvalue weighted by Crippen LogP contribution is -2.41. The van der Waals surface area contributed by atoms with Crippen LogP contribution in [0, 0.1) is 5.92 Å². The normalized spacial score (nSPS) is 25.8. The Morgan fingerprint density at radius 2 is 1.42 bits per heavy atom. The summed E-state index contributed by atoms with van der Waals surface area (Å²) >= 11 is 4.06. The first-order chi connectivity index (χ1) is 11.8. The van der Waals surface area contributed by atoms with E-state index in [1.165, 1.54) is 35.5 Å². The van der Waals surface area contributed by atoms with Crippen LogP contribution in [0.4, 0.5) is 0 Å². The molecule has 0 aliphatic carbocycles. The summed E-state index contributed by atoms with van der Waals surface area (Å²) in [7, 11) is 0. The molecule has 2 atom stereocenters. The second-order valence-electron chi connectivity index (χ2n) is 6.71. The van der Waals surface area contributed by atoms with Gasteiger partial charge in [0.15, 0.2) is 4.27 Å². The van der Waals surface area contributed by atoms with Crippen LogP contribution in [0.15, 0.2) is 60.7 Å². The van der Waals surface area contributed by atoms with E-state index >= 15 is 0 Å². The van der Waals surface area contributed by atoms with E-state index in [1.54, 1.807) is 0 Å². The summed E-state index contributed by atoms with van der Waals surface area (Å²) in [6.07, 6.45) is 4.93. The van der Waals surface area contributed by atoms with Gasteiger partial charge in [0.2, 0.25) is 0 Å². The zero-order valence-corrected chi connectivity index (χ0v) is 15.5. The molecule has 0 N–H and O–H groups in total. The molecule has 0 amide bonds. The first-order valence-electron chi connectivity index (χ1n) is 8.87. The zero-order chi connectivity index (χ0) is 16.2. The molecule has 0 saturated carbocycles. The van der Waals surface area contributed by atoms with Crippen LogP contribution in [-0.2, 0) is 17.6 Å². The number of rotatable bonds is 4. The minimum absolute atomic E-state index is 0.0344. The van der Waals surface area contributed by atoms with Crippen LogP contribution in [0.25, 0.3) is 0 Å². The molecular formula is C21H24OS2. The fraction of sp³-hybridized carbons (Fsp3) is 0.429. The molecule has 1 nitrogen and oxygen atoms in total. The van der Waals surface area contributed by atoms with Crippen molar-refractivity contribution in [2.75, 3.05) is 11.5 Å². The van der Waals surface area contributed by atoms with Crippen LogP contribution in [0.3, 0.4) is 0 Å². The molecule has 2 aliphatic heterocycles. The Morgan fingerprint density at radius 1 is 0.833 bits per heavy atom. The highest BCUT2D eigenvalue weighted by Gasteiger charge is 2.44. The van der Waals surface area contributed by atoms with Crippen molar-refractivity contribution in [2.24, 2.45) is 5.92 Å². The van der Waals surface area contributed by atoms with Gasteiger partial charge in [0, 0.05) is 11.5 Å². The van der Waals surface area contributed by atoms with Crippen LogP contribution in [-0.4, -0.2) is 21.9 Å². The fourth-order valence-electron chi connectivity index (χ4n) is 3.79. The molecule has 0 radical (unpaired) electrons. The van der Waals surface area contributed by atoms with E-state index in [1.807, 2.05) is 23.5 Å². The first kappa shape index (κ1) is 16.6. The Balaban J connectivity index is 1.52. The molecule has 2 aromatic carbocycles. The van der Waals surface area contributed by atoms with Crippen LogP contribution in [0.1, 0.15) is 24.0 Å². The van der Waals surface area contributed by atoms with Crippen molar-refractivity contribution < 1.29 is 4.74 Å². The maximum atomic E-state index is 6.75. The van der Waals surface area contributed by atoms with Crippen LogP contribution < -0.4 is 0 Å². The van der Waals surface area contributed by atoms with Crippen LogP contribution >= 0.6 is 23.5 Å². The number of thioether (sulfide) groups is 2. The number of ether oxygens (including phenoxy) is 1. The molecule has 0 bridgehead atoms. The summed E-state index contributed by atoms with van der Waals surface area (Å²) in [6, 6.07) is 21.7. The van der Waals surface area contributed by atoms with Crippen molar-refractivity contribution in [1.29, 1.82) is 0 Å². The maximum absolute atomic E-state index is 6.75. The molecule has 2 saturated heterocycles. The lowest BCUT2D eigenvalue weighted by molar-refractivity contribution is -0.0583. The van der Waals surface area contributed by atoms with Crippen molar-refractivity contribution in [1.82, 2.24) is 0 Å². The number of hydrogen-bond acceptors (Lipinski definition) is 3. The third-order valence-corrected chi connectivity index (χ3v) is 8.29. The van der Waals surface area contributed by atoms with E-state index in [0.717, 1.165) is 12.8 Å². The minimum atomic E-state index is 0.0344. The van der Waals surface area contributed by atoms with Gasteiger partial charge in [-0.1, -0.05) is 60.7 Å². The molecule has 2 aliphatic rings. The Labute approximate surface area is 153 Å². The van der Waals surface area contributed by atoms with Gasteiger partial charge in [-0.25, -0.2) is 0 Å². The molecule has 2 fully saturated rings. The summed E-state index contributed by atoms with van der Waals surface area (Å²) in [5, 5.41) is 0. The van der Waals surface area contributed by atoms with Crippen LogP contribution in [0.2, 0.25) is 0 Å². The average Bonchev–Trinajstić information content (AvgIpc) is 3.07. The van der Waals surface area contributed by atoms with Crippen molar-refractivity contribution in [3.05, 3.63) is 71.8 Å². The van der Waals surface area contributed by atoms with Gasteiger partial charge in [-0.2, -0.15) is 0 Å². The van der Waals surface area contributed by atoms with Gasteiger partial charge in [-0.05, 0) is 42.7 Å². The highest BCUT2D eigenvalue weighted by molar-refractivity contribution is 8.21. The molecule has 2 unspecified atom stereocenters. The average molecular weight is 357 g/mol. The monoisotopic (exact) mass is 356 g/mol. The predicted octanol–water partition coefficient (Wildman–Crippen LogP) is 5.40. The topological polar surface area (TPSA) is 9.23 Å². The summed E-state index contributed by atoms with van der Waals surface area (Å²) in [5.74, 6) is 3.07. The molecule has 2 heterocycles. The first-order valence-corrected chi connectivity index (χ1v) is 10.8. The van der Waals surface area contributed by atoms with Crippen molar-refractivity contribution in [3.8, 4) is 0 Å². The third-order valence-electron chi connectivity index (χ3n) is 5.03. The second-order valence-corrected chi connectivity index (χ2v) is 9.69. The lowest BCUT2D eigenvalue weighted by Gasteiger charge is -2.42. The molecular weight excluding hydrogens is 332 g/mol. The molecule has 2 aromatic rings. The van der Waals surface area contributed by atoms with Crippen LogP contribution in [0.5, 0.6) is 0 Å². The molecule has 1 spiro atoms. The second kappa shape index (κ2) is 7.55. The van der Waals surface area contributed by atoms with Crippen molar-refractivity contribution >= 4 is 23.5 Å². The van der Waals surface area contributed by atoms with E-state index in [0.29, 0.717) is 12.0 Å². The molecule has 3 heteroatoms. The summed E-state index contributed by atoms with van der Waals surface area (Å²) in [6.45, 7) is 0. The maximum Gasteiger partial charge on any atom is 0.160 e. The number of benzene rings is 2. The summed E-state index contributed by atoms with van der Waals surface area (Å²) < 4.78 is 6.78. The molecule has 126 valence electrons. The van der Waals surface area contributed by atoms with Gasteiger partial charge in [0.05, 0.1) is 6.10 Å². The summed E-state index contributed by atoms with van der Waals surface area (Å²) in [5.41, 5.74) is 2.83. The van der Waals surface area contributed by atoms with Gasteiger partial charge in [-0.3, -0.25) is 0 Å². The molecule has 24 heavy (non-hydrogen) atoms. The van der Waals surface area contributed by atoms with Gasteiger partial charge < -0.3 is 4.74 Å². The Hall–Kier alpha value is -0.900. The SMILES string of the molecule is c1ccc(CC2CCC3(OC2Cc2ccccc2)SCCS3)cc1. The van der Waals surface area contributed by atoms with Gasteiger partial charge in [0.25, 0.3) is 0 Å². The molecule has 0 aromatic heterocycles. The Kier molecular flexibility index (Phi) is 5.21. The van der Waals surface area contributed by atoms with E-state index in [-0.39, 0.29) is 4.27 Å². The van der Waals surface area contributed by atoms with Gasteiger partial charge in [0.1, 0.15) is 0 Å². The predicted molar refractivity (Wildman–Crippen MR) is 106 cm³/mol. The Morgan fingerprint density at radius 3 is 2.04 bits per heavy atom. The van der Waals surface area contributed by atoms with E-state index in [2.05, 4.69) is 60.7 Å². The Bertz CT molecular complexity index is 637. The van der Waals surface area contributed by atoms with E-state index in [4.69, 9.17) is 4.74 Å².